The van der Waals surface area contributed by atoms with E-state index >= 15 is 0 Å². The third-order valence-corrected chi connectivity index (χ3v) is 4.19. The van der Waals surface area contributed by atoms with Crippen LogP contribution in [0.25, 0.3) is 0 Å². The van der Waals surface area contributed by atoms with E-state index in [1.165, 1.54) is 35.7 Å². The van der Waals surface area contributed by atoms with E-state index in [2.05, 4.69) is 10.3 Å². The van der Waals surface area contributed by atoms with Gasteiger partial charge >= 0.3 is 0 Å². The minimum atomic E-state index is -0.0329. The van der Waals surface area contributed by atoms with Crippen LogP contribution >= 0.6 is 23.1 Å². The fourth-order valence-corrected chi connectivity index (χ4v) is 3.34. The van der Waals surface area contributed by atoms with Crippen molar-refractivity contribution in [3.05, 3.63) is 16.6 Å². The number of thioether (sulfide) groups is 1. The van der Waals surface area contributed by atoms with E-state index in [0.29, 0.717) is 11.6 Å². The smallest absolute Gasteiger partial charge is 0.270 e. The number of aromatic nitrogens is 1. The fourth-order valence-electron chi connectivity index (χ4n) is 1.60. The third-order valence-electron chi connectivity index (χ3n) is 2.56. The lowest BCUT2D eigenvalue weighted by Crippen LogP contribution is -2.31. The van der Waals surface area contributed by atoms with Crippen LogP contribution in [0.2, 0.25) is 0 Å². The largest absolute Gasteiger partial charge is 0.350 e. The summed E-state index contributed by atoms with van der Waals surface area (Å²) < 4.78 is 0. The zero-order valence-electron chi connectivity index (χ0n) is 8.44. The van der Waals surface area contributed by atoms with Crippen LogP contribution in [0, 0.1) is 5.92 Å². The number of hydrogen-bond acceptors (Lipinski definition) is 4. The minimum absolute atomic E-state index is 0.0329. The lowest BCUT2D eigenvalue weighted by Gasteiger charge is -2.21. The number of thiazole rings is 1. The molecule has 0 aliphatic carbocycles. The molecule has 1 N–H and O–H groups in total. The Morgan fingerprint density at radius 1 is 1.53 bits per heavy atom. The predicted molar refractivity (Wildman–Crippen MR) is 64.5 cm³/mol. The maximum Gasteiger partial charge on any atom is 0.270 e. The molecular weight excluding hydrogens is 228 g/mol. The van der Waals surface area contributed by atoms with Gasteiger partial charge in [0.25, 0.3) is 5.91 Å². The lowest BCUT2D eigenvalue weighted by atomic mass is 10.0. The fraction of sp³-hybridized carbons (Fsp3) is 0.600. The van der Waals surface area contributed by atoms with Crippen molar-refractivity contribution in [2.24, 2.45) is 5.92 Å². The van der Waals surface area contributed by atoms with Gasteiger partial charge in [0.05, 0.1) is 5.51 Å². The molecule has 0 saturated carbocycles. The van der Waals surface area contributed by atoms with E-state index in [0.717, 1.165) is 6.54 Å². The summed E-state index contributed by atoms with van der Waals surface area (Å²) in [7, 11) is 0. The van der Waals surface area contributed by atoms with Crippen LogP contribution < -0.4 is 5.32 Å². The molecule has 2 heterocycles. The summed E-state index contributed by atoms with van der Waals surface area (Å²) in [6.45, 7) is 0.802. The van der Waals surface area contributed by atoms with Gasteiger partial charge in [-0.3, -0.25) is 4.79 Å². The number of carbonyl (C=O) groups is 1. The van der Waals surface area contributed by atoms with Gasteiger partial charge in [-0.1, -0.05) is 0 Å². The molecule has 0 aromatic carbocycles. The minimum Gasteiger partial charge on any atom is -0.350 e. The van der Waals surface area contributed by atoms with Crippen LogP contribution in [-0.2, 0) is 0 Å². The highest BCUT2D eigenvalue weighted by Crippen LogP contribution is 2.21. The van der Waals surface area contributed by atoms with E-state index in [-0.39, 0.29) is 5.91 Å². The first-order valence-electron chi connectivity index (χ1n) is 5.10. The normalized spacial score (nSPS) is 17.6. The van der Waals surface area contributed by atoms with E-state index in [4.69, 9.17) is 0 Å². The van der Waals surface area contributed by atoms with Crippen molar-refractivity contribution in [1.29, 1.82) is 0 Å². The molecule has 1 aromatic rings. The number of carbonyl (C=O) groups excluding carboxylic acids is 1. The Bertz CT molecular complexity index is 307. The molecule has 82 valence electrons. The molecule has 0 bridgehead atoms. The Morgan fingerprint density at radius 3 is 3.00 bits per heavy atom. The van der Waals surface area contributed by atoms with Crippen molar-refractivity contribution in [2.45, 2.75) is 12.8 Å². The number of nitrogens with zero attached hydrogens (tertiary/aromatic N) is 1. The summed E-state index contributed by atoms with van der Waals surface area (Å²) in [5.41, 5.74) is 2.23. The van der Waals surface area contributed by atoms with Gasteiger partial charge in [0.2, 0.25) is 0 Å². The second-order valence-corrected chi connectivity index (χ2v) is 5.58. The van der Waals surface area contributed by atoms with Gasteiger partial charge in [0.15, 0.2) is 0 Å². The molecular formula is C10H14N2OS2. The maximum absolute atomic E-state index is 11.6. The van der Waals surface area contributed by atoms with Gasteiger partial charge in [-0.15, -0.1) is 11.3 Å². The molecule has 1 saturated heterocycles. The Balaban J connectivity index is 1.75. The van der Waals surface area contributed by atoms with Gasteiger partial charge in [-0.2, -0.15) is 11.8 Å². The molecule has 5 heteroatoms. The van der Waals surface area contributed by atoms with Crippen molar-refractivity contribution in [1.82, 2.24) is 10.3 Å². The summed E-state index contributed by atoms with van der Waals surface area (Å²) in [4.78, 5) is 15.6. The molecule has 0 spiro atoms. The van der Waals surface area contributed by atoms with Gasteiger partial charge in [-0.05, 0) is 30.3 Å². The van der Waals surface area contributed by atoms with Crippen molar-refractivity contribution in [3.63, 3.8) is 0 Å². The molecule has 15 heavy (non-hydrogen) atoms. The first-order chi connectivity index (χ1) is 7.36. The molecule has 0 atom stereocenters. The monoisotopic (exact) mass is 242 g/mol. The molecule has 0 radical (unpaired) electrons. The molecule has 1 amide bonds. The lowest BCUT2D eigenvalue weighted by molar-refractivity contribution is 0.0942. The van der Waals surface area contributed by atoms with Crippen molar-refractivity contribution in [3.8, 4) is 0 Å². The van der Waals surface area contributed by atoms with Crippen molar-refractivity contribution < 1.29 is 4.79 Å². The van der Waals surface area contributed by atoms with Crippen molar-refractivity contribution in [2.75, 3.05) is 18.1 Å². The number of nitrogens with one attached hydrogen (secondary N) is 1. The van der Waals surface area contributed by atoms with Gasteiger partial charge in [-0.25, -0.2) is 4.98 Å². The van der Waals surface area contributed by atoms with Gasteiger partial charge in [0, 0.05) is 11.9 Å². The molecule has 1 fully saturated rings. The van der Waals surface area contributed by atoms with E-state index in [1.54, 1.807) is 10.9 Å². The standard InChI is InChI=1S/C10H14N2OS2/c13-10(9-6-15-7-12-9)11-5-8-1-3-14-4-2-8/h6-8H,1-5H2,(H,11,13). The van der Waals surface area contributed by atoms with Crippen LogP contribution in [0.5, 0.6) is 0 Å². The average molecular weight is 242 g/mol. The van der Waals surface area contributed by atoms with Gasteiger partial charge in [0.1, 0.15) is 5.69 Å². The molecule has 1 aliphatic heterocycles. The molecule has 0 unspecified atom stereocenters. The number of rotatable bonds is 3. The van der Waals surface area contributed by atoms with Crippen LogP contribution in [0.1, 0.15) is 23.3 Å². The Labute approximate surface area is 97.7 Å². The van der Waals surface area contributed by atoms with Crippen molar-refractivity contribution >= 4 is 29.0 Å². The first kappa shape index (κ1) is 11.0. The second-order valence-electron chi connectivity index (χ2n) is 3.64. The average Bonchev–Trinajstić information content (AvgIpc) is 2.81. The van der Waals surface area contributed by atoms with Crippen LogP contribution in [0.3, 0.4) is 0 Å². The summed E-state index contributed by atoms with van der Waals surface area (Å²) in [6, 6.07) is 0. The van der Waals surface area contributed by atoms with E-state index in [9.17, 15) is 4.79 Å². The highest BCUT2D eigenvalue weighted by molar-refractivity contribution is 7.99. The van der Waals surface area contributed by atoms with Crippen LogP contribution in [0.15, 0.2) is 10.9 Å². The summed E-state index contributed by atoms with van der Waals surface area (Å²) >= 11 is 3.46. The van der Waals surface area contributed by atoms with Crippen LogP contribution in [0.4, 0.5) is 0 Å². The first-order valence-corrected chi connectivity index (χ1v) is 7.20. The zero-order chi connectivity index (χ0) is 10.5. The summed E-state index contributed by atoms with van der Waals surface area (Å²) in [5, 5.41) is 4.73. The zero-order valence-corrected chi connectivity index (χ0v) is 10.1. The summed E-state index contributed by atoms with van der Waals surface area (Å²) in [6.07, 6.45) is 2.45. The Morgan fingerprint density at radius 2 is 2.33 bits per heavy atom. The molecule has 2 rings (SSSR count). The Hall–Kier alpha value is -0.550. The predicted octanol–water partition coefficient (Wildman–Crippen LogP) is 2.02. The quantitative estimate of drug-likeness (QED) is 0.881. The topological polar surface area (TPSA) is 42.0 Å². The molecule has 1 aromatic heterocycles. The second kappa shape index (κ2) is 5.51. The Kier molecular flexibility index (Phi) is 4.02. The SMILES string of the molecule is O=C(NCC1CCSCC1)c1cscn1. The number of hydrogen-bond donors (Lipinski definition) is 1. The highest BCUT2D eigenvalue weighted by atomic mass is 32.2. The molecule has 3 nitrogen and oxygen atoms in total. The summed E-state index contributed by atoms with van der Waals surface area (Å²) in [5.74, 6) is 3.09. The number of amides is 1. The van der Waals surface area contributed by atoms with Gasteiger partial charge < -0.3 is 5.32 Å². The molecule has 1 aliphatic rings. The van der Waals surface area contributed by atoms with E-state index < -0.39 is 0 Å². The van der Waals surface area contributed by atoms with E-state index in [1.807, 2.05) is 11.8 Å². The third kappa shape index (κ3) is 3.21. The maximum atomic E-state index is 11.6. The highest BCUT2D eigenvalue weighted by Gasteiger charge is 2.15. The van der Waals surface area contributed by atoms with Crippen LogP contribution in [-0.4, -0.2) is 28.9 Å².